The summed E-state index contributed by atoms with van der Waals surface area (Å²) < 4.78 is 5.35. The zero-order chi connectivity index (χ0) is 16.8. The van der Waals surface area contributed by atoms with Crippen LogP contribution >= 0.6 is 23.4 Å². The molecule has 3 nitrogen and oxygen atoms in total. The Labute approximate surface area is 146 Å². The van der Waals surface area contributed by atoms with Crippen molar-refractivity contribution in [2.24, 2.45) is 0 Å². The monoisotopic (exact) mass is 349 g/mol. The van der Waals surface area contributed by atoms with E-state index in [1.807, 2.05) is 38.1 Å². The molecule has 0 aliphatic heterocycles. The molecule has 23 heavy (non-hydrogen) atoms. The lowest BCUT2D eigenvalue weighted by molar-refractivity contribution is -0.113. The minimum absolute atomic E-state index is 0.0213. The van der Waals surface area contributed by atoms with Gasteiger partial charge in [0.05, 0.1) is 12.9 Å². The van der Waals surface area contributed by atoms with Crippen LogP contribution in [0.25, 0.3) is 0 Å². The molecule has 0 heterocycles. The highest BCUT2D eigenvalue weighted by Gasteiger charge is 2.08. The fourth-order valence-electron chi connectivity index (χ4n) is 2.23. The van der Waals surface area contributed by atoms with E-state index in [0.717, 1.165) is 28.3 Å². The number of benzene rings is 2. The number of hydrogen-bond donors (Lipinski definition) is 1. The molecule has 2 rings (SSSR count). The summed E-state index contributed by atoms with van der Waals surface area (Å²) in [5.74, 6) is 1.96. The maximum atomic E-state index is 12.1. The number of carbonyl (C=O) groups excluding carboxylic acids is 1. The minimum Gasteiger partial charge on any atom is -0.496 e. The molecule has 2 aromatic rings. The van der Waals surface area contributed by atoms with Gasteiger partial charge in [0.1, 0.15) is 5.75 Å². The van der Waals surface area contributed by atoms with Crippen LogP contribution in [-0.4, -0.2) is 18.8 Å². The van der Waals surface area contributed by atoms with Crippen molar-refractivity contribution in [3.8, 4) is 5.75 Å². The summed E-state index contributed by atoms with van der Waals surface area (Å²) in [6.45, 7) is 3.97. The van der Waals surface area contributed by atoms with Crippen LogP contribution in [0.15, 0.2) is 36.4 Å². The second kappa shape index (κ2) is 8.27. The molecule has 0 unspecified atom stereocenters. The lowest BCUT2D eigenvalue weighted by atomic mass is 10.1. The number of rotatable bonds is 6. The molecule has 5 heteroatoms. The topological polar surface area (TPSA) is 38.3 Å². The van der Waals surface area contributed by atoms with Gasteiger partial charge in [-0.2, -0.15) is 0 Å². The summed E-state index contributed by atoms with van der Waals surface area (Å²) in [6, 6.07) is 11.5. The van der Waals surface area contributed by atoms with E-state index >= 15 is 0 Å². The Kier molecular flexibility index (Phi) is 6.37. The zero-order valence-electron chi connectivity index (χ0n) is 13.5. The number of halogens is 1. The number of aryl methyl sites for hydroxylation is 2. The lowest BCUT2D eigenvalue weighted by Crippen LogP contribution is -2.15. The van der Waals surface area contributed by atoms with E-state index in [2.05, 4.69) is 11.4 Å². The van der Waals surface area contributed by atoms with E-state index in [4.69, 9.17) is 16.3 Å². The first-order chi connectivity index (χ1) is 11.0. The SMILES string of the molecule is COc1ccc(C)cc1CSCC(=O)Nc1ccc(Cl)cc1C. The molecule has 0 fully saturated rings. The number of ether oxygens (including phenoxy) is 1. The van der Waals surface area contributed by atoms with E-state index in [1.165, 1.54) is 5.56 Å². The molecule has 0 saturated carbocycles. The number of thioether (sulfide) groups is 1. The second-order valence-electron chi connectivity index (χ2n) is 5.32. The maximum absolute atomic E-state index is 12.1. The van der Waals surface area contributed by atoms with Crippen LogP contribution in [0.5, 0.6) is 5.75 Å². The van der Waals surface area contributed by atoms with E-state index in [0.29, 0.717) is 10.8 Å². The number of carbonyl (C=O) groups is 1. The van der Waals surface area contributed by atoms with Gasteiger partial charge in [0.25, 0.3) is 0 Å². The Morgan fingerprint density at radius 3 is 2.70 bits per heavy atom. The normalized spacial score (nSPS) is 10.4. The molecule has 0 bridgehead atoms. The van der Waals surface area contributed by atoms with E-state index in [-0.39, 0.29) is 5.91 Å². The van der Waals surface area contributed by atoms with E-state index in [1.54, 1.807) is 24.9 Å². The lowest BCUT2D eigenvalue weighted by Gasteiger charge is -2.10. The van der Waals surface area contributed by atoms with Gasteiger partial charge in [-0.15, -0.1) is 11.8 Å². The Morgan fingerprint density at radius 1 is 1.22 bits per heavy atom. The van der Waals surface area contributed by atoms with Crippen molar-refractivity contribution in [2.75, 3.05) is 18.2 Å². The Morgan fingerprint density at radius 2 is 2.00 bits per heavy atom. The fourth-order valence-corrected chi connectivity index (χ4v) is 3.26. The predicted molar refractivity (Wildman–Crippen MR) is 98.7 cm³/mol. The average Bonchev–Trinajstić information content (AvgIpc) is 2.50. The highest BCUT2D eigenvalue weighted by Crippen LogP contribution is 2.25. The fraction of sp³-hybridized carbons (Fsp3) is 0.278. The smallest absolute Gasteiger partial charge is 0.234 e. The van der Waals surface area contributed by atoms with Gasteiger partial charge in [-0.3, -0.25) is 4.79 Å². The summed E-state index contributed by atoms with van der Waals surface area (Å²) in [6.07, 6.45) is 0. The van der Waals surface area contributed by atoms with Crippen molar-refractivity contribution in [1.29, 1.82) is 0 Å². The summed E-state index contributed by atoms with van der Waals surface area (Å²) in [4.78, 5) is 12.1. The van der Waals surface area contributed by atoms with Crippen LogP contribution in [0.4, 0.5) is 5.69 Å². The quantitative estimate of drug-likeness (QED) is 0.811. The van der Waals surface area contributed by atoms with Gasteiger partial charge in [-0.25, -0.2) is 0 Å². The largest absolute Gasteiger partial charge is 0.496 e. The van der Waals surface area contributed by atoms with Gasteiger partial charge < -0.3 is 10.1 Å². The Balaban J connectivity index is 1.89. The standard InChI is InChI=1S/C18H20ClNO2S/c1-12-4-7-17(22-3)14(8-12)10-23-11-18(21)20-16-6-5-15(19)9-13(16)2/h4-9H,10-11H2,1-3H3,(H,20,21). The third-order valence-electron chi connectivity index (χ3n) is 3.39. The summed E-state index contributed by atoms with van der Waals surface area (Å²) in [5.41, 5.74) is 4.04. The molecule has 0 saturated heterocycles. The van der Waals surface area contributed by atoms with Crippen LogP contribution in [-0.2, 0) is 10.5 Å². The molecular weight excluding hydrogens is 330 g/mol. The van der Waals surface area contributed by atoms with Gasteiger partial charge in [0, 0.05) is 22.0 Å². The van der Waals surface area contributed by atoms with Crippen LogP contribution in [0.3, 0.4) is 0 Å². The van der Waals surface area contributed by atoms with E-state index in [9.17, 15) is 4.79 Å². The first-order valence-corrected chi connectivity index (χ1v) is 8.80. The van der Waals surface area contributed by atoms with Gasteiger partial charge in [0.15, 0.2) is 0 Å². The van der Waals surface area contributed by atoms with Crippen LogP contribution in [0, 0.1) is 13.8 Å². The molecule has 0 aliphatic rings. The third kappa shape index (κ3) is 5.19. The molecule has 0 aromatic heterocycles. The molecule has 1 amide bonds. The van der Waals surface area contributed by atoms with Gasteiger partial charge in [-0.05, 0) is 43.7 Å². The van der Waals surface area contributed by atoms with Crippen molar-refractivity contribution in [2.45, 2.75) is 19.6 Å². The molecule has 0 radical (unpaired) electrons. The summed E-state index contributed by atoms with van der Waals surface area (Å²) in [7, 11) is 1.66. The van der Waals surface area contributed by atoms with E-state index < -0.39 is 0 Å². The van der Waals surface area contributed by atoms with Gasteiger partial charge >= 0.3 is 0 Å². The number of anilines is 1. The minimum atomic E-state index is -0.0213. The molecule has 0 atom stereocenters. The highest BCUT2D eigenvalue weighted by atomic mass is 35.5. The van der Waals surface area contributed by atoms with Gasteiger partial charge in [0.2, 0.25) is 5.91 Å². The number of nitrogens with one attached hydrogen (secondary N) is 1. The molecule has 0 aliphatic carbocycles. The Bertz CT molecular complexity index is 703. The number of hydrogen-bond acceptors (Lipinski definition) is 3. The zero-order valence-corrected chi connectivity index (χ0v) is 15.1. The number of amides is 1. The van der Waals surface area contributed by atoms with Crippen LogP contribution in [0.1, 0.15) is 16.7 Å². The molecule has 2 aromatic carbocycles. The van der Waals surface area contributed by atoms with Crippen LogP contribution in [0.2, 0.25) is 5.02 Å². The van der Waals surface area contributed by atoms with Crippen molar-refractivity contribution in [3.63, 3.8) is 0 Å². The van der Waals surface area contributed by atoms with Crippen LogP contribution < -0.4 is 10.1 Å². The second-order valence-corrected chi connectivity index (χ2v) is 6.74. The summed E-state index contributed by atoms with van der Waals surface area (Å²) >= 11 is 7.48. The molecular formula is C18H20ClNO2S. The maximum Gasteiger partial charge on any atom is 0.234 e. The third-order valence-corrected chi connectivity index (χ3v) is 4.61. The molecule has 122 valence electrons. The Hall–Kier alpha value is -1.65. The summed E-state index contributed by atoms with van der Waals surface area (Å²) in [5, 5.41) is 3.58. The van der Waals surface area contributed by atoms with Crippen molar-refractivity contribution >= 4 is 35.0 Å². The van der Waals surface area contributed by atoms with Crippen molar-refractivity contribution in [1.82, 2.24) is 0 Å². The molecule has 0 spiro atoms. The number of methoxy groups -OCH3 is 1. The van der Waals surface area contributed by atoms with Crippen molar-refractivity contribution in [3.05, 3.63) is 58.1 Å². The van der Waals surface area contributed by atoms with Crippen molar-refractivity contribution < 1.29 is 9.53 Å². The highest BCUT2D eigenvalue weighted by molar-refractivity contribution is 7.99. The predicted octanol–water partition coefficient (Wildman–Crippen LogP) is 4.84. The average molecular weight is 350 g/mol. The van der Waals surface area contributed by atoms with Gasteiger partial charge in [-0.1, -0.05) is 29.3 Å². The molecule has 1 N–H and O–H groups in total. The first-order valence-electron chi connectivity index (χ1n) is 7.27. The first kappa shape index (κ1) is 17.7.